The van der Waals surface area contributed by atoms with Crippen LogP contribution in [-0.4, -0.2) is 44.2 Å². The monoisotopic (exact) mass is 464 g/mol. The molecule has 9 heteroatoms. The van der Waals surface area contributed by atoms with Gasteiger partial charge in [0.2, 0.25) is 0 Å². The first-order valence-corrected chi connectivity index (χ1v) is 11.1. The number of rotatable bonds is 4. The summed E-state index contributed by atoms with van der Waals surface area (Å²) in [4.78, 5) is 26.8. The molecule has 1 N–H and O–H groups in total. The van der Waals surface area contributed by atoms with Crippen molar-refractivity contribution in [2.24, 2.45) is 0 Å². The van der Waals surface area contributed by atoms with E-state index in [1.165, 1.54) is 12.1 Å². The lowest BCUT2D eigenvalue weighted by molar-refractivity contribution is -0.132. The zero-order valence-electron chi connectivity index (χ0n) is 14.7. The SMILES string of the molecule is O=C1N[C@]2(CCOc3ccccc32)C(=O)N1CCS(=O)(=O)c1ccc(Br)cc1. The Morgan fingerprint density at radius 3 is 2.57 bits per heavy atom. The van der Waals surface area contributed by atoms with Crippen LogP contribution in [-0.2, 0) is 20.2 Å². The van der Waals surface area contributed by atoms with E-state index in [4.69, 9.17) is 4.74 Å². The van der Waals surface area contributed by atoms with Crippen LogP contribution in [0.1, 0.15) is 12.0 Å². The van der Waals surface area contributed by atoms with Crippen molar-refractivity contribution in [1.29, 1.82) is 0 Å². The third-order valence-corrected chi connectivity index (χ3v) is 7.25. The summed E-state index contributed by atoms with van der Waals surface area (Å²) in [7, 11) is -3.63. The lowest BCUT2D eigenvalue weighted by Crippen LogP contribution is -2.47. The predicted molar refractivity (Wildman–Crippen MR) is 105 cm³/mol. The normalized spacial score (nSPS) is 21.4. The van der Waals surface area contributed by atoms with Gasteiger partial charge in [-0.3, -0.25) is 9.69 Å². The van der Waals surface area contributed by atoms with E-state index in [0.717, 1.165) is 9.37 Å². The number of urea groups is 1. The molecule has 2 aliphatic heterocycles. The quantitative estimate of drug-likeness (QED) is 0.701. The second-order valence-corrected chi connectivity index (χ2v) is 9.68. The van der Waals surface area contributed by atoms with Gasteiger partial charge in [-0.25, -0.2) is 13.2 Å². The number of para-hydroxylation sites is 1. The van der Waals surface area contributed by atoms with Gasteiger partial charge in [0.15, 0.2) is 15.4 Å². The molecule has 1 atom stereocenters. The molecule has 0 aromatic heterocycles. The first-order chi connectivity index (χ1) is 13.3. The Morgan fingerprint density at radius 2 is 1.82 bits per heavy atom. The average molecular weight is 465 g/mol. The smallest absolute Gasteiger partial charge is 0.325 e. The number of benzene rings is 2. The van der Waals surface area contributed by atoms with Crippen molar-refractivity contribution in [3.8, 4) is 5.75 Å². The Morgan fingerprint density at radius 1 is 1.11 bits per heavy atom. The third kappa shape index (κ3) is 3.08. The Hall–Kier alpha value is -2.39. The molecule has 1 spiro atoms. The molecule has 1 fully saturated rings. The number of nitrogens with one attached hydrogen (secondary N) is 1. The molecule has 2 aliphatic rings. The van der Waals surface area contributed by atoms with Crippen molar-refractivity contribution in [2.45, 2.75) is 16.9 Å². The number of nitrogens with zero attached hydrogens (tertiary/aromatic N) is 1. The number of carbonyl (C=O) groups is 2. The Bertz CT molecular complexity index is 1050. The summed E-state index contributed by atoms with van der Waals surface area (Å²) in [5.74, 6) is -0.242. The number of hydrogen-bond acceptors (Lipinski definition) is 5. The van der Waals surface area contributed by atoms with Gasteiger partial charge in [-0.1, -0.05) is 34.1 Å². The summed E-state index contributed by atoms with van der Waals surface area (Å²) in [5, 5.41) is 2.77. The molecule has 3 amide bonds. The molecule has 2 aromatic carbocycles. The minimum absolute atomic E-state index is 0.147. The van der Waals surface area contributed by atoms with Crippen LogP contribution in [0.25, 0.3) is 0 Å². The minimum atomic E-state index is -3.63. The maximum atomic E-state index is 13.1. The fourth-order valence-corrected chi connectivity index (χ4v) is 5.02. The summed E-state index contributed by atoms with van der Waals surface area (Å²) in [5.41, 5.74) is -0.606. The Labute approximate surface area is 170 Å². The molecule has 0 unspecified atom stereocenters. The molecular formula is C19H17BrN2O5S. The third-order valence-electron chi connectivity index (χ3n) is 5.01. The van der Waals surface area contributed by atoms with Gasteiger partial charge in [0.05, 0.1) is 17.3 Å². The summed E-state index contributed by atoms with van der Waals surface area (Å²) in [6, 6.07) is 12.7. The van der Waals surface area contributed by atoms with Crippen molar-refractivity contribution in [1.82, 2.24) is 10.2 Å². The highest BCUT2D eigenvalue weighted by atomic mass is 79.9. The van der Waals surface area contributed by atoms with Crippen LogP contribution in [0.4, 0.5) is 4.79 Å². The van der Waals surface area contributed by atoms with Crippen molar-refractivity contribution in [2.75, 3.05) is 18.9 Å². The number of ether oxygens (including phenoxy) is 1. The maximum Gasteiger partial charge on any atom is 0.325 e. The lowest BCUT2D eigenvalue weighted by Gasteiger charge is -2.33. The zero-order chi connectivity index (χ0) is 19.9. The van der Waals surface area contributed by atoms with Crippen LogP contribution in [0.5, 0.6) is 5.75 Å². The van der Waals surface area contributed by atoms with E-state index >= 15 is 0 Å². The first kappa shape index (κ1) is 18.9. The topological polar surface area (TPSA) is 92.8 Å². The zero-order valence-corrected chi connectivity index (χ0v) is 17.1. The lowest BCUT2D eigenvalue weighted by atomic mass is 9.84. The molecule has 4 rings (SSSR count). The number of sulfone groups is 1. The van der Waals surface area contributed by atoms with Crippen molar-refractivity contribution in [3.63, 3.8) is 0 Å². The van der Waals surface area contributed by atoms with Gasteiger partial charge in [-0.05, 0) is 30.3 Å². The summed E-state index contributed by atoms with van der Waals surface area (Å²) in [6.45, 7) is 0.0713. The molecule has 0 saturated carbocycles. The van der Waals surface area contributed by atoms with Gasteiger partial charge in [0, 0.05) is 23.0 Å². The number of amides is 3. The Kier molecular flexibility index (Phi) is 4.67. The van der Waals surface area contributed by atoms with Crippen LogP contribution in [0, 0.1) is 0 Å². The second kappa shape index (κ2) is 6.89. The van der Waals surface area contributed by atoms with Crippen LogP contribution >= 0.6 is 15.9 Å². The first-order valence-electron chi connectivity index (χ1n) is 8.68. The number of halogens is 1. The van der Waals surface area contributed by atoms with Crippen molar-refractivity contribution < 1.29 is 22.7 Å². The van der Waals surface area contributed by atoms with E-state index in [1.54, 1.807) is 36.4 Å². The van der Waals surface area contributed by atoms with Gasteiger partial charge in [-0.15, -0.1) is 0 Å². The van der Waals surface area contributed by atoms with Crippen LogP contribution in [0.3, 0.4) is 0 Å². The van der Waals surface area contributed by atoms with E-state index < -0.39 is 27.3 Å². The van der Waals surface area contributed by atoms with Gasteiger partial charge >= 0.3 is 6.03 Å². The molecular weight excluding hydrogens is 448 g/mol. The van der Waals surface area contributed by atoms with E-state index in [2.05, 4.69) is 21.2 Å². The average Bonchev–Trinajstić information content (AvgIpc) is 2.91. The number of hydrogen-bond donors (Lipinski definition) is 1. The predicted octanol–water partition coefficient (Wildman–Crippen LogP) is 2.45. The van der Waals surface area contributed by atoms with Gasteiger partial charge < -0.3 is 10.1 Å². The molecule has 0 aliphatic carbocycles. The molecule has 2 heterocycles. The molecule has 2 aromatic rings. The number of fused-ring (bicyclic) bond motifs is 2. The largest absolute Gasteiger partial charge is 0.493 e. The Balaban J connectivity index is 1.57. The molecule has 7 nitrogen and oxygen atoms in total. The molecule has 146 valence electrons. The summed E-state index contributed by atoms with van der Waals surface area (Å²) in [6.07, 6.45) is 0.296. The van der Waals surface area contributed by atoms with E-state index in [9.17, 15) is 18.0 Å². The van der Waals surface area contributed by atoms with Crippen LogP contribution in [0.15, 0.2) is 57.9 Å². The summed E-state index contributed by atoms with van der Waals surface area (Å²) < 4.78 is 31.5. The second-order valence-electron chi connectivity index (χ2n) is 6.66. The standard InChI is InChI=1S/C19H17BrN2O5S/c20-13-5-7-14(8-6-13)28(25,26)12-10-22-17(23)19(21-18(22)24)9-11-27-16-4-2-1-3-15(16)19/h1-8H,9-12H2,(H,21,24)/t19-/m0/s1. The number of imide groups is 1. The highest BCUT2D eigenvalue weighted by Crippen LogP contribution is 2.40. The van der Waals surface area contributed by atoms with Gasteiger partial charge in [-0.2, -0.15) is 0 Å². The van der Waals surface area contributed by atoms with Gasteiger partial charge in [0.1, 0.15) is 5.75 Å². The highest BCUT2D eigenvalue weighted by Gasteiger charge is 2.54. The van der Waals surface area contributed by atoms with Crippen LogP contribution < -0.4 is 10.1 Å². The molecule has 28 heavy (non-hydrogen) atoms. The van der Waals surface area contributed by atoms with E-state index in [1.807, 2.05) is 0 Å². The minimum Gasteiger partial charge on any atom is -0.493 e. The maximum absolute atomic E-state index is 13.1. The van der Waals surface area contributed by atoms with Crippen LogP contribution in [0.2, 0.25) is 0 Å². The van der Waals surface area contributed by atoms with E-state index in [-0.39, 0.29) is 23.8 Å². The van der Waals surface area contributed by atoms with E-state index in [0.29, 0.717) is 17.7 Å². The summed E-state index contributed by atoms with van der Waals surface area (Å²) >= 11 is 3.26. The molecule has 1 saturated heterocycles. The fourth-order valence-electron chi connectivity index (χ4n) is 3.55. The fraction of sp³-hybridized carbons (Fsp3) is 0.263. The van der Waals surface area contributed by atoms with Gasteiger partial charge in [0.25, 0.3) is 5.91 Å². The van der Waals surface area contributed by atoms with Crippen molar-refractivity contribution in [3.05, 3.63) is 58.6 Å². The van der Waals surface area contributed by atoms with Crippen molar-refractivity contribution >= 4 is 37.7 Å². The number of carbonyl (C=O) groups excluding carboxylic acids is 2. The molecule has 0 bridgehead atoms. The highest BCUT2D eigenvalue weighted by molar-refractivity contribution is 9.10. The molecule has 0 radical (unpaired) electrons.